The molecule has 0 radical (unpaired) electrons. The summed E-state index contributed by atoms with van der Waals surface area (Å²) in [5.41, 5.74) is 0. The van der Waals surface area contributed by atoms with Gasteiger partial charge in [-0.2, -0.15) is 5.10 Å². The molecule has 1 rings (SSSR count). The SMILES string of the molecule is CC(C)S(=O)(=O)CCn1nc(Br)cc1Br. The topological polar surface area (TPSA) is 52.0 Å². The van der Waals surface area contributed by atoms with Crippen LogP contribution in [0.15, 0.2) is 15.3 Å². The van der Waals surface area contributed by atoms with E-state index in [-0.39, 0.29) is 11.0 Å². The van der Waals surface area contributed by atoms with Crippen LogP contribution >= 0.6 is 31.9 Å². The van der Waals surface area contributed by atoms with Gasteiger partial charge in [0.1, 0.15) is 9.21 Å². The van der Waals surface area contributed by atoms with E-state index in [1.165, 1.54) is 0 Å². The van der Waals surface area contributed by atoms with Gasteiger partial charge in [-0.3, -0.25) is 4.68 Å². The van der Waals surface area contributed by atoms with Crippen molar-refractivity contribution in [2.75, 3.05) is 5.75 Å². The summed E-state index contributed by atoms with van der Waals surface area (Å²) in [5, 5.41) is 3.76. The molecule has 86 valence electrons. The Morgan fingerprint density at radius 2 is 2.07 bits per heavy atom. The summed E-state index contributed by atoms with van der Waals surface area (Å²) in [6.45, 7) is 3.74. The Labute approximate surface area is 106 Å². The van der Waals surface area contributed by atoms with Gasteiger partial charge in [0.05, 0.1) is 17.5 Å². The van der Waals surface area contributed by atoms with Crippen LogP contribution in [-0.4, -0.2) is 29.2 Å². The van der Waals surface area contributed by atoms with Crippen molar-refractivity contribution in [3.05, 3.63) is 15.3 Å². The molecule has 0 aliphatic rings. The molecule has 0 atom stereocenters. The van der Waals surface area contributed by atoms with Crippen LogP contribution < -0.4 is 0 Å². The van der Waals surface area contributed by atoms with E-state index < -0.39 is 9.84 Å². The molecule has 0 fully saturated rings. The highest BCUT2D eigenvalue weighted by Crippen LogP contribution is 2.16. The number of halogens is 2. The fourth-order valence-electron chi connectivity index (χ4n) is 0.971. The number of rotatable bonds is 4. The number of nitrogens with zero attached hydrogens (tertiary/aromatic N) is 2. The first-order valence-corrected chi connectivity index (χ1v) is 7.73. The summed E-state index contributed by atoms with van der Waals surface area (Å²) in [7, 11) is -3.00. The first kappa shape index (κ1) is 13.2. The number of aryl methyl sites for hydroxylation is 1. The molecule has 0 bridgehead atoms. The zero-order valence-corrected chi connectivity index (χ0v) is 12.4. The predicted octanol–water partition coefficient (Wildman–Crippen LogP) is 2.23. The summed E-state index contributed by atoms with van der Waals surface area (Å²) < 4.78 is 26.2. The van der Waals surface area contributed by atoms with E-state index in [4.69, 9.17) is 0 Å². The van der Waals surface area contributed by atoms with Crippen molar-refractivity contribution >= 4 is 41.7 Å². The molecule has 0 aromatic carbocycles. The van der Waals surface area contributed by atoms with Crippen molar-refractivity contribution in [3.8, 4) is 0 Å². The minimum Gasteiger partial charge on any atom is -0.256 e. The van der Waals surface area contributed by atoms with E-state index in [1.807, 2.05) is 0 Å². The Hall–Kier alpha value is 0.120. The van der Waals surface area contributed by atoms with Crippen molar-refractivity contribution in [1.82, 2.24) is 9.78 Å². The molecule has 0 spiro atoms. The third kappa shape index (κ3) is 3.57. The number of hydrogen-bond donors (Lipinski definition) is 0. The predicted molar refractivity (Wildman–Crippen MR) is 66.5 cm³/mol. The Morgan fingerprint density at radius 3 is 2.47 bits per heavy atom. The van der Waals surface area contributed by atoms with E-state index in [0.29, 0.717) is 11.1 Å². The van der Waals surface area contributed by atoms with Gasteiger partial charge in [0.25, 0.3) is 0 Å². The molecule has 0 saturated heterocycles. The van der Waals surface area contributed by atoms with E-state index in [0.717, 1.165) is 4.60 Å². The fourth-order valence-corrected chi connectivity index (χ4v) is 3.06. The Bertz CT molecular complexity index is 439. The number of hydrogen-bond acceptors (Lipinski definition) is 3. The maximum absolute atomic E-state index is 11.6. The molecule has 15 heavy (non-hydrogen) atoms. The molecule has 0 unspecified atom stereocenters. The molecule has 4 nitrogen and oxygen atoms in total. The zero-order chi connectivity index (χ0) is 11.6. The quantitative estimate of drug-likeness (QED) is 0.828. The highest BCUT2D eigenvalue weighted by atomic mass is 79.9. The molecule has 1 heterocycles. The second-order valence-corrected chi connectivity index (χ2v) is 7.73. The first-order chi connectivity index (χ1) is 6.83. The largest absolute Gasteiger partial charge is 0.256 e. The van der Waals surface area contributed by atoms with Gasteiger partial charge < -0.3 is 0 Å². The van der Waals surface area contributed by atoms with Gasteiger partial charge >= 0.3 is 0 Å². The Morgan fingerprint density at radius 1 is 1.47 bits per heavy atom. The molecule has 1 aromatic heterocycles. The maximum atomic E-state index is 11.6. The summed E-state index contributed by atoms with van der Waals surface area (Å²) in [6, 6.07) is 1.78. The van der Waals surface area contributed by atoms with Crippen molar-refractivity contribution < 1.29 is 8.42 Å². The van der Waals surface area contributed by atoms with Gasteiger partial charge in [0.2, 0.25) is 0 Å². The zero-order valence-electron chi connectivity index (χ0n) is 8.44. The lowest BCUT2D eigenvalue weighted by molar-refractivity contribution is 0.570. The molecule has 1 aromatic rings. The second kappa shape index (κ2) is 4.97. The molecular formula is C8H12Br2N2O2S. The second-order valence-electron chi connectivity index (χ2n) is 3.43. The average Bonchev–Trinajstić information content (AvgIpc) is 2.41. The molecule has 0 aliphatic heterocycles. The third-order valence-corrected chi connectivity index (χ3v) is 5.22. The maximum Gasteiger partial charge on any atom is 0.154 e. The van der Waals surface area contributed by atoms with Crippen molar-refractivity contribution in [3.63, 3.8) is 0 Å². The van der Waals surface area contributed by atoms with Gasteiger partial charge in [-0.15, -0.1) is 0 Å². The van der Waals surface area contributed by atoms with Crippen molar-refractivity contribution in [2.24, 2.45) is 0 Å². The van der Waals surface area contributed by atoms with Gasteiger partial charge in [-0.05, 0) is 45.7 Å². The summed E-state index contributed by atoms with van der Waals surface area (Å²) in [6.07, 6.45) is 0. The Kier molecular flexibility index (Phi) is 4.37. The summed E-state index contributed by atoms with van der Waals surface area (Å²) in [4.78, 5) is 0. The molecule has 0 N–H and O–H groups in total. The summed E-state index contributed by atoms with van der Waals surface area (Å²) >= 11 is 6.52. The van der Waals surface area contributed by atoms with Crippen LogP contribution in [0.3, 0.4) is 0 Å². The van der Waals surface area contributed by atoms with E-state index >= 15 is 0 Å². The lowest BCUT2D eigenvalue weighted by atomic mass is 10.6. The van der Waals surface area contributed by atoms with Crippen LogP contribution in [-0.2, 0) is 16.4 Å². The lowest BCUT2D eigenvalue weighted by Gasteiger charge is -2.07. The molecular weight excluding hydrogens is 348 g/mol. The minimum atomic E-state index is -3.00. The van der Waals surface area contributed by atoms with Crippen LogP contribution in [0, 0.1) is 0 Å². The molecule has 7 heteroatoms. The van der Waals surface area contributed by atoms with Crippen LogP contribution in [0.1, 0.15) is 13.8 Å². The van der Waals surface area contributed by atoms with Crippen LogP contribution in [0.2, 0.25) is 0 Å². The smallest absolute Gasteiger partial charge is 0.154 e. The lowest BCUT2D eigenvalue weighted by Crippen LogP contribution is -2.21. The molecule has 0 amide bonds. The normalized spacial score (nSPS) is 12.3. The monoisotopic (exact) mass is 358 g/mol. The number of aromatic nitrogens is 2. The summed E-state index contributed by atoms with van der Waals surface area (Å²) in [5.74, 6) is 0.109. The molecule has 0 aliphatic carbocycles. The first-order valence-electron chi connectivity index (χ1n) is 4.43. The van der Waals surface area contributed by atoms with Crippen molar-refractivity contribution in [2.45, 2.75) is 25.6 Å². The molecule has 0 saturated carbocycles. The highest BCUT2D eigenvalue weighted by Gasteiger charge is 2.16. The van der Waals surface area contributed by atoms with E-state index in [1.54, 1.807) is 24.6 Å². The average molecular weight is 360 g/mol. The van der Waals surface area contributed by atoms with Crippen LogP contribution in [0.4, 0.5) is 0 Å². The van der Waals surface area contributed by atoms with E-state index in [9.17, 15) is 8.42 Å². The van der Waals surface area contributed by atoms with Gasteiger partial charge in [0.15, 0.2) is 9.84 Å². The van der Waals surface area contributed by atoms with Crippen LogP contribution in [0.25, 0.3) is 0 Å². The fraction of sp³-hybridized carbons (Fsp3) is 0.625. The van der Waals surface area contributed by atoms with Gasteiger partial charge in [0, 0.05) is 6.07 Å². The van der Waals surface area contributed by atoms with Gasteiger partial charge in [-0.1, -0.05) is 0 Å². The third-order valence-electron chi connectivity index (χ3n) is 2.01. The van der Waals surface area contributed by atoms with Gasteiger partial charge in [-0.25, -0.2) is 8.42 Å². The highest BCUT2D eigenvalue weighted by molar-refractivity contribution is 9.11. The van der Waals surface area contributed by atoms with Crippen LogP contribution in [0.5, 0.6) is 0 Å². The Balaban J connectivity index is 2.70. The number of sulfone groups is 1. The standard InChI is InChI=1S/C8H12Br2N2O2S/c1-6(2)15(13,14)4-3-12-8(10)5-7(9)11-12/h5-6H,3-4H2,1-2H3. The van der Waals surface area contributed by atoms with Crippen molar-refractivity contribution in [1.29, 1.82) is 0 Å². The van der Waals surface area contributed by atoms with E-state index in [2.05, 4.69) is 37.0 Å². The minimum absolute atomic E-state index is 0.109.